The largest absolute Gasteiger partial charge is 0.277 e. The lowest BCUT2D eigenvalue weighted by Crippen LogP contribution is -2.45. The van der Waals surface area contributed by atoms with Gasteiger partial charge in [-0.1, -0.05) is 42.1 Å². The summed E-state index contributed by atoms with van der Waals surface area (Å²) in [5, 5.41) is 11.8. The Balaban J connectivity index is 2.03. The maximum absolute atomic E-state index is 13.2. The Labute approximate surface area is 165 Å². The van der Waals surface area contributed by atoms with Gasteiger partial charge in [-0.3, -0.25) is 19.8 Å². The lowest BCUT2D eigenvalue weighted by molar-refractivity contribution is -0.384. The summed E-state index contributed by atoms with van der Waals surface area (Å²) in [4.78, 5) is 30.4. The fourth-order valence-corrected chi connectivity index (χ4v) is 3.84. The van der Waals surface area contributed by atoms with Gasteiger partial charge in [0, 0.05) is 22.6 Å². The van der Waals surface area contributed by atoms with Crippen LogP contribution in [0.25, 0.3) is 0 Å². The Morgan fingerprint density at radius 3 is 2.44 bits per heavy atom. The van der Waals surface area contributed by atoms with Gasteiger partial charge in [0.15, 0.2) is 5.17 Å². The molecule has 1 aliphatic heterocycles. The maximum Gasteiger partial charge on any atom is 0.269 e. The Bertz CT molecular complexity index is 970. The van der Waals surface area contributed by atoms with Crippen LogP contribution >= 0.6 is 23.4 Å². The minimum absolute atomic E-state index is 0.0732. The first-order chi connectivity index (χ1) is 12.7. The van der Waals surface area contributed by atoms with Crippen LogP contribution in [0.15, 0.2) is 65.0 Å². The molecule has 1 aliphatic rings. The topological polar surface area (TPSA) is 75.8 Å². The summed E-state index contributed by atoms with van der Waals surface area (Å²) < 4.78 is 0. The molecule has 0 aromatic heterocycles. The molecule has 1 heterocycles. The van der Waals surface area contributed by atoms with Crippen LogP contribution in [0.4, 0.5) is 11.4 Å². The van der Waals surface area contributed by atoms with Crippen LogP contribution in [0.1, 0.15) is 24.2 Å². The van der Waals surface area contributed by atoms with Crippen LogP contribution in [0.3, 0.4) is 0 Å². The highest BCUT2D eigenvalue weighted by Crippen LogP contribution is 2.44. The molecule has 138 valence electrons. The molecule has 0 N–H and O–H groups in total. The third kappa shape index (κ3) is 3.61. The fraction of sp³-hybridized carbons (Fsp3) is 0.158. The van der Waals surface area contributed by atoms with E-state index in [1.165, 1.54) is 36.0 Å². The zero-order valence-electron chi connectivity index (χ0n) is 14.7. The molecule has 3 rings (SSSR count). The van der Waals surface area contributed by atoms with Gasteiger partial charge in [-0.2, -0.15) is 0 Å². The van der Waals surface area contributed by atoms with Crippen LogP contribution in [0, 0.1) is 10.1 Å². The standard InChI is InChI=1S/C19H16ClN3O3S/c1-12-19(2,3)22(17(24)13-8-10-14(11-9-13)23(25)26)18(27-12)21-16-7-5-4-6-15(16)20/h4-11H,1H2,2-3H3. The molecule has 2 aromatic carbocycles. The molecule has 1 amide bonds. The van der Waals surface area contributed by atoms with Gasteiger partial charge in [0.1, 0.15) is 0 Å². The van der Waals surface area contributed by atoms with E-state index in [0.29, 0.717) is 21.4 Å². The predicted molar refractivity (Wildman–Crippen MR) is 109 cm³/mol. The number of thioether (sulfide) groups is 1. The summed E-state index contributed by atoms with van der Waals surface area (Å²) in [6, 6.07) is 12.6. The van der Waals surface area contributed by atoms with Crippen molar-refractivity contribution in [3.8, 4) is 0 Å². The Kier molecular flexibility index (Phi) is 5.08. The van der Waals surface area contributed by atoms with Crippen molar-refractivity contribution in [3.05, 3.63) is 80.7 Å². The highest BCUT2D eigenvalue weighted by atomic mass is 35.5. The molecule has 0 radical (unpaired) electrons. The average molecular weight is 402 g/mol. The summed E-state index contributed by atoms with van der Waals surface area (Å²) in [7, 11) is 0. The van der Waals surface area contributed by atoms with Crippen LogP contribution in [0.5, 0.6) is 0 Å². The van der Waals surface area contributed by atoms with E-state index in [-0.39, 0.29) is 11.6 Å². The van der Waals surface area contributed by atoms with Gasteiger partial charge in [-0.15, -0.1) is 0 Å². The van der Waals surface area contributed by atoms with E-state index in [2.05, 4.69) is 11.6 Å². The zero-order valence-corrected chi connectivity index (χ0v) is 16.3. The molecule has 0 bridgehead atoms. The number of nitrogens with zero attached hydrogens (tertiary/aromatic N) is 3. The van der Waals surface area contributed by atoms with E-state index < -0.39 is 10.5 Å². The van der Waals surface area contributed by atoms with Gasteiger partial charge in [0.2, 0.25) is 0 Å². The van der Waals surface area contributed by atoms with Crippen LogP contribution < -0.4 is 0 Å². The molecular weight excluding hydrogens is 386 g/mol. The van der Waals surface area contributed by atoms with Crippen LogP contribution in [0.2, 0.25) is 5.02 Å². The highest BCUT2D eigenvalue weighted by molar-refractivity contribution is 8.17. The number of rotatable bonds is 3. The third-order valence-electron chi connectivity index (χ3n) is 4.24. The average Bonchev–Trinajstić information content (AvgIpc) is 2.85. The minimum atomic E-state index is -0.677. The SMILES string of the molecule is C=C1SC(=Nc2ccccc2Cl)N(C(=O)c2ccc([N+](=O)[O-])cc2)C1(C)C. The van der Waals surface area contributed by atoms with Crippen LogP contribution in [-0.4, -0.2) is 26.4 Å². The molecule has 0 spiro atoms. The number of amidine groups is 1. The van der Waals surface area contributed by atoms with E-state index in [4.69, 9.17) is 11.6 Å². The molecule has 0 unspecified atom stereocenters. The van der Waals surface area contributed by atoms with Gasteiger partial charge in [0.25, 0.3) is 11.6 Å². The third-order valence-corrected chi connectivity index (χ3v) is 5.77. The van der Waals surface area contributed by atoms with Gasteiger partial charge in [-0.25, -0.2) is 4.99 Å². The van der Waals surface area contributed by atoms with Crippen molar-refractivity contribution in [1.29, 1.82) is 0 Å². The van der Waals surface area contributed by atoms with Gasteiger partial charge in [-0.05, 0) is 38.1 Å². The fourth-order valence-electron chi connectivity index (χ4n) is 2.56. The molecule has 0 saturated carbocycles. The molecular formula is C19H16ClN3O3S. The number of benzene rings is 2. The number of halogens is 1. The number of hydrogen-bond donors (Lipinski definition) is 0. The van der Waals surface area contributed by atoms with E-state index in [9.17, 15) is 14.9 Å². The maximum atomic E-state index is 13.2. The van der Waals surface area contributed by atoms with Crippen molar-refractivity contribution < 1.29 is 9.72 Å². The quantitative estimate of drug-likeness (QED) is 0.508. The monoisotopic (exact) mass is 401 g/mol. The number of carbonyl (C=O) groups excluding carboxylic acids is 1. The molecule has 8 heteroatoms. The number of hydrogen-bond acceptors (Lipinski definition) is 5. The number of amides is 1. The molecule has 1 fully saturated rings. The van der Waals surface area contributed by atoms with Crippen molar-refractivity contribution >= 4 is 45.8 Å². The second-order valence-corrected chi connectivity index (χ2v) is 7.84. The molecule has 6 nitrogen and oxygen atoms in total. The van der Waals surface area contributed by atoms with Crippen molar-refractivity contribution in [1.82, 2.24) is 4.90 Å². The van der Waals surface area contributed by atoms with Gasteiger partial charge >= 0.3 is 0 Å². The smallest absolute Gasteiger partial charge is 0.269 e. The zero-order chi connectivity index (χ0) is 19.8. The van der Waals surface area contributed by atoms with Crippen molar-refractivity contribution in [3.63, 3.8) is 0 Å². The summed E-state index contributed by atoms with van der Waals surface area (Å²) in [6.45, 7) is 7.80. The van der Waals surface area contributed by atoms with E-state index in [1.54, 1.807) is 23.1 Å². The van der Waals surface area contributed by atoms with E-state index in [1.807, 2.05) is 19.9 Å². The first-order valence-corrected chi connectivity index (χ1v) is 9.20. The van der Waals surface area contributed by atoms with E-state index in [0.717, 1.165) is 4.91 Å². The van der Waals surface area contributed by atoms with Crippen molar-refractivity contribution in [2.45, 2.75) is 19.4 Å². The molecule has 27 heavy (non-hydrogen) atoms. The van der Waals surface area contributed by atoms with Gasteiger partial charge < -0.3 is 0 Å². The summed E-state index contributed by atoms with van der Waals surface area (Å²) in [5.41, 5.74) is 0.129. The Morgan fingerprint density at radius 1 is 1.22 bits per heavy atom. The number of non-ortho nitro benzene ring substituents is 1. The molecule has 0 atom stereocenters. The molecule has 2 aromatic rings. The molecule has 1 saturated heterocycles. The number of nitro benzene ring substituents is 1. The predicted octanol–water partition coefficient (Wildman–Crippen LogP) is 5.42. The number of carbonyl (C=O) groups is 1. The minimum Gasteiger partial charge on any atom is -0.277 e. The lowest BCUT2D eigenvalue weighted by Gasteiger charge is -2.31. The van der Waals surface area contributed by atoms with Gasteiger partial charge in [0.05, 0.1) is 21.2 Å². The normalized spacial score (nSPS) is 17.4. The first kappa shape index (κ1) is 19.1. The Morgan fingerprint density at radius 2 is 1.85 bits per heavy atom. The van der Waals surface area contributed by atoms with Crippen molar-refractivity contribution in [2.24, 2.45) is 4.99 Å². The summed E-state index contributed by atoms with van der Waals surface area (Å²) in [5.74, 6) is -0.313. The number of para-hydroxylation sites is 1. The highest BCUT2D eigenvalue weighted by Gasteiger charge is 2.44. The number of nitro groups is 1. The van der Waals surface area contributed by atoms with E-state index >= 15 is 0 Å². The molecule has 0 aliphatic carbocycles. The first-order valence-electron chi connectivity index (χ1n) is 8.01. The summed E-state index contributed by atoms with van der Waals surface area (Å²) in [6.07, 6.45) is 0. The lowest BCUT2D eigenvalue weighted by atomic mass is 10.0. The van der Waals surface area contributed by atoms with Crippen LogP contribution in [-0.2, 0) is 0 Å². The van der Waals surface area contributed by atoms with Crippen molar-refractivity contribution in [2.75, 3.05) is 0 Å². The Hall–Kier alpha value is -2.64. The number of aliphatic imine (C=N–C) groups is 1. The summed E-state index contributed by atoms with van der Waals surface area (Å²) >= 11 is 7.50. The second-order valence-electron chi connectivity index (χ2n) is 6.37. The second kappa shape index (κ2) is 7.17.